The Labute approximate surface area is 167 Å². The summed E-state index contributed by atoms with van der Waals surface area (Å²) in [6, 6.07) is 5.75. The number of hydrogen-bond acceptors (Lipinski definition) is 5. The highest BCUT2D eigenvalue weighted by atomic mass is 16.5. The second kappa shape index (κ2) is 9.92. The Morgan fingerprint density at radius 1 is 1.11 bits per heavy atom. The molecule has 1 saturated heterocycles. The summed E-state index contributed by atoms with van der Waals surface area (Å²) < 4.78 is 10.8. The van der Waals surface area contributed by atoms with Crippen LogP contribution in [0.4, 0.5) is 0 Å². The first-order chi connectivity index (χ1) is 13.6. The molecule has 0 spiro atoms. The zero-order valence-electron chi connectivity index (χ0n) is 17.0. The summed E-state index contributed by atoms with van der Waals surface area (Å²) >= 11 is 0. The van der Waals surface area contributed by atoms with Crippen LogP contribution in [0.5, 0.6) is 5.75 Å². The fourth-order valence-corrected chi connectivity index (χ4v) is 4.12. The normalized spacial score (nSPS) is 23.1. The van der Waals surface area contributed by atoms with E-state index in [2.05, 4.69) is 10.6 Å². The van der Waals surface area contributed by atoms with Crippen molar-refractivity contribution < 1.29 is 19.1 Å². The molecule has 2 aliphatic rings. The number of piperidine rings is 1. The van der Waals surface area contributed by atoms with Crippen LogP contribution in [0.15, 0.2) is 18.2 Å². The van der Waals surface area contributed by atoms with Crippen molar-refractivity contribution in [2.45, 2.75) is 51.5 Å². The zero-order valence-corrected chi connectivity index (χ0v) is 17.0. The van der Waals surface area contributed by atoms with Crippen molar-refractivity contribution in [1.82, 2.24) is 10.6 Å². The SMILES string of the molecule is COC(=O)C1CCC(NC(=O)c2ccc(OCC3CCNCC3)c(C)c2)CC1. The second-order valence-electron chi connectivity index (χ2n) is 8.03. The lowest BCUT2D eigenvalue weighted by atomic mass is 9.86. The van der Waals surface area contributed by atoms with E-state index in [9.17, 15) is 9.59 Å². The van der Waals surface area contributed by atoms with Gasteiger partial charge in [0.05, 0.1) is 19.6 Å². The molecule has 1 amide bonds. The number of ether oxygens (including phenoxy) is 2. The summed E-state index contributed by atoms with van der Waals surface area (Å²) in [6.07, 6.45) is 5.44. The van der Waals surface area contributed by atoms with Crippen molar-refractivity contribution in [3.63, 3.8) is 0 Å². The second-order valence-corrected chi connectivity index (χ2v) is 8.03. The van der Waals surface area contributed by atoms with Crippen molar-refractivity contribution in [1.29, 1.82) is 0 Å². The van der Waals surface area contributed by atoms with E-state index in [1.807, 2.05) is 25.1 Å². The lowest BCUT2D eigenvalue weighted by Gasteiger charge is -2.27. The number of benzene rings is 1. The minimum absolute atomic E-state index is 0.0308. The molecule has 6 heteroatoms. The molecular weight excluding hydrogens is 356 g/mol. The smallest absolute Gasteiger partial charge is 0.308 e. The molecule has 1 aliphatic carbocycles. The molecule has 0 radical (unpaired) electrons. The summed E-state index contributed by atoms with van der Waals surface area (Å²) in [5.41, 5.74) is 1.64. The van der Waals surface area contributed by atoms with Crippen molar-refractivity contribution in [3.05, 3.63) is 29.3 Å². The van der Waals surface area contributed by atoms with Gasteiger partial charge in [-0.25, -0.2) is 0 Å². The van der Waals surface area contributed by atoms with Crippen molar-refractivity contribution in [3.8, 4) is 5.75 Å². The number of esters is 1. The number of amides is 1. The molecule has 0 aromatic heterocycles. The lowest BCUT2D eigenvalue weighted by molar-refractivity contribution is -0.146. The summed E-state index contributed by atoms with van der Waals surface area (Å²) in [4.78, 5) is 24.2. The van der Waals surface area contributed by atoms with E-state index in [-0.39, 0.29) is 23.8 Å². The van der Waals surface area contributed by atoms with Crippen LogP contribution >= 0.6 is 0 Å². The average molecular weight is 389 g/mol. The highest BCUT2D eigenvalue weighted by Crippen LogP contribution is 2.26. The lowest BCUT2D eigenvalue weighted by Crippen LogP contribution is -2.38. The van der Waals surface area contributed by atoms with Gasteiger partial charge in [0.1, 0.15) is 5.75 Å². The molecule has 1 saturated carbocycles. The average Bonchev–Trinajstić information content (AvgIpc) is 2.73. The van der Waals surface area contributed by atoms with Crippen LogP contribution in [-0.4, -0.2) is 44.7 Å². The highest BCUT2D eigenvalue weighted by Gasteiger charge is 2.27. The van der Waals surface area contributed by atoms with Gasteiger partial charge in [-0.05, 0) is 88.2 Å². The Balaban J connectivity index is 1.49. The third-order valence-electron chi connectivity index (χ3n) is 5.97. The van der Waals surface area contributed by atoms with Crippen LogP contribution < -0.4 is 15.4 Å². The van der Waals surface area contributed by atoms with E-state index in [4.69, 9.17) is 9.47 Å². The molecular formula is C22H32N2O4. The Morgan fingerprint density at radius 3 is 2.46 bits per heavy atom. The topological polar surface area (TPSA) is 76.7 Å². The largest absolute Gasteiger partial charge is 0.493 e. The van der Waals surface area contributed by atoms with E-state index >= 15 is 0 Å². The standard InChI is InChI=1S/C22H32N2O4/c1-15-13-18(5-8-20(15)28-14-16-9-11-23-12-10-16)21(25)24-19-6-3-17(4-7-19)22(26)27-2/h5,8,13,16-17,19,23H,3-4,6-7,9-12,14H2,1-2H3,(H,24,25). The number of carbonyl (C=O) groups is 2. The molecule has 1 aromatic carbocycles. The van der Waals surface area contributed by atoms with E-state index in [1.165, 1.54) is 7.11 Å². The molecule has 1 heterocycles. The molecule has 2 fully saturated rings. The number of aryl methyl sites for hydroxylation is 1. The van der Waals surface area contributed by atoms with Gasteiger partial charge in [-0.1, -0.05) is 0 Å². The third kappa shape index (κ3) is 5.47. The first-order valence-electron chi connectivity index (χ1n) is 10.4. The van der Waals surface area contributed by atoms with Gasteiger partial charge in [-0.3, -0.25) is 9.59 Å². The molecule has 3 rings (SSSR count). The van der Waals surface area contributed by atoms with Crippen LogP contribution in [0.3, 0.4) is 0 Å². The first-order valence-corrected chi connectivity index (χ1v) is 10.4. The quantitative estimate of drug-likeness (QED) is 0.733. The molecule has 0 atom stereocenters. The predicted octanol–water partition coefficient (Wildman–Crippen LogP) is 2.84. The minimum atomic E-state index is -0.138. The molecule has 2 N–H and O–H groups in total. The van der Waals surface area contributed by atoms with E-state index < -0.39 is 0 Å². The maximum atomic E-state index is 12.6. The third-order valence-corrected chi connectivity index (χ3v) is 5.97. The Kier molecular flexibility index (Phi) is 7.31. The molecule has 28 heavy (non-hydrogen) atoms. The monoisotopic (exact) mass is 388 g/mol. The van der Waals surface area contributed by atoms with Crippen molar-refractivity contribution in [2.24, 2.45) is 11.8 Å². The number of methoxy groups -OCH3 is 1. The number of nitrogens with one attached hydrogen (secondary N) is 2. The fraction of sp³-hybridized carbons (Fsp3) is 0.636. The summed E-state index contributed by atoms with van der Waals surface area (Å²) in [6.45, 7) is 4.84. The van der Waals surface area contributed by atoms with Crippen molar-refractivity contribution in [2.75, 3.05) is 26.8 Å². The fourth-order valence-electron chi connectivity index (χ4n) is 4.12. The molecule has 154 valence electrons. The minimum Gasteiger partial charge on any atom is -0.493 e. The maximum absolute atomic E-state index is 12.6. The van der Waals surface area contributed by atoms with Crippen LogP contribution in [0.25, 0.3) is 0 Å². The van der Waals surface area contributed by atoms with Gasteiger partial charge in [0, 0.05) is 11.6 Å². The van der Waals surface area contributed by atoms with Gasteiger partial charge in [-0.2, -0.15) is 0 Å². The van der Waals surface area contributed by atoms with Crippen LogP contribution in [-0.2, 0) is 9.53 Å². The van der Waals surface area contributed by atoms with Crippen molar-refractivity contribution >= 4 is 11.9 Å². The number of hydrogen-bond donors (Lipinski definition) is 2. The molecule has 0 unspecified atom stereocenters. The zero-order chi connectivity index (χ0) is 19.9. The molecule has 6 nitrogen and oxygen atoms in total. The Hall–Kier alpha value is -2.08. The predicted molar refractivity (Wildman–Crippen MR) is 107 cm³/mol. The highest BCUT2D eigenvalue weighted by molar-refractivity contribution is 5.94. The molecule has 1 aromatic rings. The summed E-state index contributed by atoms with van der Waals surface area (Å²) in [7, 11) is 1.43. The van der Waals surface area contributed by atoms with E-state index in [0.717, 1.165) is 69.5 Å². The van der Waals surface area contributed by atoms with Gasteiger partial charge in [-0.15, -0.1) is 0 Å². The first kappa shape index (κ1) is 20.6. The van der Waals surface area contributed by atoms with Gasteiger partial charge in [0.2, 0.25) is 0 Å². The van der Waals surface area contributed by atoms with Gasteiger partial charge in [0.15, 0.2) is 0 Å². The summed E-state index contributed by atoms with van der Waals surface area (Å²) in [5, 5.41) is 6.47. The molecule has 0 bridgehead atoms. The molecule has 1 aliphatic heterocycles. The van der Waals surface area contributed by atoms with Gasteiger partial charge in [0.25, 0.3) is 5.91 Å². The maximum Gasteiger partial charge on any atom is 0.308 e. The van der Waals surface area contributed by atoms with E-state index in [0.29, 0.717) is 11.5 Å². The summed E-state index contributed by atoms with van der Waals surface area (Å²) in [5.74, 6) is 1.23. The number of rotatable bonds is 6. The number of carbonyl (C=O) groups excluding carboxylic acids is 2. The van der Waals surface area contributed by atoms with Crippen LogP contribution in [0.1, 0.15) is 54.4 Å². The van der Waals surface area contributed by atoms with Crippen LogP contribution in [0.2, 0.25) is 0 Å². The van der Waals surface area contributed by atoms with Gasteiger partial charge >= 0.3 is 5.97 Å². The van der Waals surface area contributed by atoms with E-state index in [1.54, 1.807) is 0 Å². The Morgan fingerprint density at radius 2 is 1.82 bits per heavy atom. The van der Waals surface area contributed by atoms with Gasteiger partial charge < -0.3 is 20.1 Å². The van der Waals surface area contributed by atoms with Crippen LogP contribution in [0, 0.1) is 18.8 Å². The Bertz CT molecular complexity index is 677.